The summed E-state index contributed by atoms with van der Waals surface area (Å²) < 4.78 is 2.67. The third kappa shape index (κ3) is 3.01. The summed E-state index contributed by atoms with van der Waals surface area (Å²) in [5.74, 6) is 0.805. The zero-order valence-corrected chi connectivity index (χ0v) is 13.9. The lowest BCUT2D eigenvalue weighted by Crippen LogP contribution is -2.16. The van der Waals surface area contributed by atoms with Gasteiger partial charge in [0, 0.05) is 11.5 Å². The second kappa shape index (κ2) is 5.07. The zero-order valence-electron chi connectivity index (χ0n) is 11.5. The molecule has 0 amide bonds. The van der Waals surface area contributed by atoms with E-state index in [0.717, 1.165) is 33.5 Å². The fourth-order valence-electron chi connectivity index (χ4n) is 1.68. The van der Waals surface area contributed by atoms with E-state index in [0.29, 0.717) is 6.04 Å². The molecule has 1 saturated carbocycles. The number of halogens is 1. The third-order valence-corrected chi connectivity index (χ3v) is 4.17. The van der Waals surface area contributed by atoms with Gasteiger partial charge < -0.3 is 0 Å². The lowest BCUT2D eigenvalue weighted by Gasteiger charge is -2.17. The first-order valence-electron chi connectivity index (χ1n) is 6.44. The minimum Gasteiger partial charge on any atom is -0.225 e. The van der Waals surface area contributed by atoms with Crippen molar-refractivity contribution in [2.45, 2.75) is 55.3 Å². The highest BCUT2D eigenvalue weighted by Gasteiger charge is 2.28. The first-order chi connectivity index (χ1) is 9.43. The molecule has 0 unspecified atom stereocenters. The van der Waals surface area contributed by atoms with Crippen molar-refractivity contribution in [3.8, 4) is 0 Å². The van der Waals surface area contributed by atoms with Crippen LogP contribution in [0.5, 0.6) is 0 Å². The van der Waals surface area contributed by atoms with Crippen molar-refractivity contribution in [2.24, 2.45) is 0 Å². The zero-order chi connectivity index (χ0) is 14.3. The fourth-order valence-corrected chi connectivity index (χ4v) is 3.06. The summed E-state index contributed by atoms with van der Waals surface area (Å²) in [5, 5.41) is 13.5. The number of hydrogen-bond acceptors (Lipinski definition) is 6. The van der Waals surface area contributed by atoms with Gasteiger partial charge in [0.05, 0.1) is 6.04 Å². The molecule has 20 heavy (non-hydrogen) atoms. The highest BCUT2D eigenvalue weighted by molar-refractivity contribution is 9.10. The molecule has 106 valence electrons. The van der Waals surface area contributed by atoms with Gasteiger partial charge in [-0.05, 0) is 51.0 Å². The van der Waals surface area contributed by atoms with Crippen LogP contribution >= 0.6 is 27.7 Å². The predicted octanol–water partition coefficient (Wildman–Crippen LogP) is 3.01. The lowest BCUT2D eigenvalue weighted by molar-refractivity contribution is 0.536. The van der Waals surface area contributed by atoms with Gasteiger partial charge >= 0.3 is 0 Å². The molecular formula is C12H15BrN6S. The second-order valence-corrected chi connectivity index (χ2v) is 7.64. The number of aromatic nitrogens is 6. The molecule has 1 aliphatic rings. The number of hydrogen-bond donors (Lipinski definition) is 0. The van der Waals surface area contributed by atoms with Crippen molar-refractivity contribution in [2.75, 3.05) is 0 Å². The van der Waals surface area contributed by atoms with E-state index in [4.69, 9.17) is 0 Å². The molecule has 8 heteroatoms. The molecule has 0 aliphatic heterocycles. The molecule has 2 aromatic rings. The molecule has 0 N–H and O–H groups in total. The average Bonchev–Trinajstić information content (AvgIpc) is 3.09. The van der Waals surface area contributed by atoms with E-state index in [2.05, 4.69) is 62.2 Å². The second-order valence-electron chi connectivity index (χ2n) is 5.84. The molecule has 1 fully saturated rings. The quantitative estimate of drug-likeness (QED) is 0.789. The van der Waals surface area contributed by atoms with Crippen LogP contribution in [-0.2, 0) is 5.41 Å². The van der Waals surface area contributed by atoms with Gasteiger partial charge in [-0.15, -0.1) is 5.10 Å². The lowest BCUT2D eigenvalue weighted by atomic mass is 9.96. The van der Waals surface area contributed by atoms with E-state index in [-0.39, 0.29) is 5.41 Å². The molecule has 0 saturated heterocycles. The van der Waals surface area contributed by atoms with Crippen molar-refractivity contribution in [1.29, 1.82) is 0 Å². The Bertz CT molecular complexity index is 631. The number of rotatable bonds is 3. The van der Waals surface area contributed by atoms with Gasteiger partial charge in [0.25, 0.3) is 0 Å². The summed E-state index contributed by atoms with van der Waals surface area (Å²) >= 11 is 4.93. The van der Waals surface area contributed by atoms with E-state index in [1.807, 2.05) is 10.7 Å². The maximum Gasteiger partial charge on any atom is 0.215 e. The first kappa shape index (κ1) is 13.9. The van der Waals surface area contributed by atoms with E-state index in [1.165, 1.54) is 11.8 Å². The minimum absolute atomic E-state index is 0.0957. The Kier molecular flexibility index (Phi) is 3.53. The Morgan fingerprint density at radius 3 is 2.70 bits per heavy atom. The predicted molar refractivity (Wildman–Crippen MR) is 78.6 cm³/mol. The van der Waals surface area contributed by atoms with Gasteiger partial charge in [-0.1, -0.05) is 20.8 Å². The van der Waals surface area contributed by atoms with Gasteiger partial charge in [0.1, 0.15) is 15.5 Å². The smallest absolute Gasteiger partial charge is 0.215 e. The van der Waals surface area contributed by atoms with Crippen LogP contribution in [0.2, 0.25) is 0 Å². The molecule has 0 radical (unpaired) electrons. The molecule has 3 rings (SSSR count). The summed E-state index contributed by atoms with van der Waals surface area (Å²) in [6.07, 6.45) is 2.30. The largest absolute Gasteiger partial charge is 0.225 e. The van der Waals surface area contributed by atoms with Gasteiger partial charge in [-0.3, -0.25) is 0 Å². The minimum atomic E-state index is -0.0957. The van der Waals surface area contributed by atoms with Gasteiger partial charge in [0.2, 0.25) is 5.16 Å². The topological polar surface area (TPSA) is 69.4 Å². The Morgan fingerprint density at radius 1 is 1.30 bits per heavy atom. The third-order valence-electron chi connectivity index (χ3n) is 2.89. The molecule has 0 spiro atoms. The van der Waals surface area contributed by atoms with Crippen LogP contribution in [0.25, 0.3) is 0 Å². The Labute approximate surface area is 129 Å². The molecule has 0 bridgehead atoms. The summed E-state index contributed by atoms with van der Waals surface area (Å²) in [7, 11) is 0. The SMILES string of the molecule is CC(C)(C)c1nc(Br)cc(Sc2nnnn2C2CC2)n1. The van der Waals surface area contributed by atoms with Crippen LogP contribution < -0.4 is 0 Å². The standard InChI is InChI=1S/C12H15BrN6S/c1-12(2,3)10-14-8(13)6-9(15-10)20-11-16-17-18-19(11)7-4-5-7/h6-7H,4-5H2,1-3H3. The highest BCUT2D eigenvalue weighted by atomic mass is 79.9. The molecule has 2 heterocycles. The van der Waals surface area contributed by atoms with Crippen molar-refractivity contribution in [3.63, 3.8) is 0 Å². The van der Waals surface area contributed by atoms with E-state index in [9.17, 15) is 0 Å². The van der Waals surface area contributed by atoms with E-state index >= 15 is 0 Å². The van der Waals surface area contributed by atoms with Crippen LogP contribution in [-0.4, -0.2) is 30.2 Å². The van der Waals surface area contributed by atoms with Crippen LogP contribution in [0.4, 0.5) is 0 Å². The molecule has 0 atom stereocenters. The summed E-state index contributed by atoms with van der Waals surface area (Å²) in [6, 6.07) is 2.35. The van der Waals surface area contributed by atoms with Crippen molar-refractivity contribution in [3.05, 3.63) is 16.5 Å². The number of nitrogens with zero attached hydrogens (tertiary/aromatic N) is 6. The Balaban J connectivity index is 1.90. The first-order valence-corrected chi connectivity index (χ1v) is 8.05. The van der Waals surface area contributed by atoms with Gasteiger partial charge in [-0.25, -0.2) is 14.6 Å². The molecular weight excluding hydrogens is 340 g/mol. The summed E-state index contributed by atoms with van der Waals surface area (Å²) in [4.78, 5) is 9.05. The van der Waals surface area contributed by atoms with Crippen LogP contribution in [0, 0.1) is 0 Å². The van der Waals surface area contributed by atoms with E-state index in [1.54, 1.807) is 0 Å². The van der Waals surface area contributed by atoms with Crippen molar-refractivity contribution >= 4 is 27.7 Å². The van der Waals surface area contributed by atoms with Crippen LogP contribution in [0.15, 0.2) is 20.9 Å². The average molecular weight is 355 g/mol. The van der Waals surface area contributed by atoms with Crippen molar-refractivity contribution < 1.29 is 0 Å². The fraction of sp³-hybridized carbons (Fsp3) is 0.583. The summed E-state index contributed by atoms with van der Waals surface area (Å²) in [6.45, 7) is 6.28. The normalized spacial score (nSPS) is 15.6. The molecule has 1 aliphatic carbocycles. The Morgan fingerprint density at radius 2 is 2.05 bits per heavy atom. The molecule has 0 aromatic carbocycles. The van der Waals surface area contributed by atoms with E-state index < -0.39 is 0 Å². The monoisotopic (exact) mass is 354 g/mol. The number of tetrazole rings is 1. The molecule has 2 aromatic heterocycles. The van der Waals surface area contributed by atoms with Crippen LogP contribution in [0.3, 0.4) is 0 Å². The summed E-state index contributed by atoms with van der Waals surface area (Å²) in [5.41, 5.74) is -0.0957. The molecule has 6 nitrogen and oxygen atoms in total. The van der Waals surface area contributed by atoms with Gasteiger partial charge in [0.15, 0.2) is 0 Å². The Hall–Kier alpha value is -1.02. The van der Waals surface area contributed by atoms with Gasteiger partial charge in [-0.2, -0.15) is 0 Å². The highest BCUT2D eigenvalue weighted by Crippen LogP contribution is 2.38. The maximum absolute atomic E-state index is 4.61. The van der Waals surface area contributed by atoms with Crippen molar-refractivity contribution in [1.82, 2.24) is 30.2 Å². The maximum atomic E-state index is 4.61. The van der Waals surface area contributed by atoms with Crippen LogP contribution in [0.1, 0.15) is 45.5 Å².